The van der Waals surface area contributed by atoms with Gasteiger partial charge in [-0.15, -0.1) is 0 Å². The molecule has 2 N–H and O–H groups in total. The molecular weight excluding hydrogens is 322 g/mol. The first-order valence-electron chi connectivity index (χ1n) is 8.54. The molecule has 4 aromatic rings. The average molecular weight is 341 g/mol. The standard InChI is InChI=1S/C23H19NO2/c1-14-8-10-18(15(2)12-14)22(25)23-21(24)19-11-9-17(13-20(19)26-23)16-6-4-3-5-7-16/h3-13H,24H2,1-2H3. The third-order valence-corrected chi connectivity index (χ3v) is 4.67. The van der Waals surface area contributed by atoms with Crippen molar-refractivity contribution in [1.29, 1.82) is 0 Å². The first-order chi connectivity index (χ1) is 12.5. The number of hydrogen-bond acceptors (Lipinski definition) is 3. The van der Waals surface area contributed by atoms with E-state index >= 15 is 0 Å². The third kappa shape index (κ3) is 2.68. The van der Waals surface area contributed by atoms with Crippen molar-refractivity contribution in [2.45, 2.75) is 13.8 Å². The van der Waals surface area contributed by atoms with Crippen LogP contribution in [0.15, 0.2) is 71.1 Å². The molecule has 0 atom stereocenters. The maximum absolute atomic E-state index is 13.0. The number of ketones is 1. The van der Waals surface area contributed by atoms with Gasteiger partial charge in [0.2, 0.25) is 5.78 Å². The summed E-state index contributed by atoms with van der Waals surface area (Å²) in [7, 11) is 0. The van der Waals surface area contributed by atoms with E-state index in [1.807, 2.05) is 80.6 Å². The highest BCUT2D eigenvalue weighted by Gasteiger charge is 2.21. The van der Waals surface area contributed by atoms with E-state index < -0.39 is 0 Å². The quantitative estimate of drug-likeness (QED) is 0.498. The van der Waals surface area contributed by atoms with Crippen LogP contribution in [0.1, 0.15) is 27.2 Å². The number of rotatable bonds is 3. The zero-order valence-electron chi connectivity index (χ0n) is 14.7. The number of nitrogen functional groups attached to an aromatic ring is 1. The summed E-state index contributed by atoms with van der Waals surface area (Å²) in [6, 6.07) is 21.6. The van der Waals surface area contributed by atoms with Gasteiger partial charge in [0, 0.05) is 10.9 Å². The predicted molar refractivity (Wildman–Crippen MR) is 105 cm³/mol. The fourth-order valence-electron chi connectivity index (χ4n) is 3.29. The Balaban J connectivity index is 1.81. The number of anilines is 1. The molecule has 0 aliphatic rings. The molecule has 0 unspecified atom stereocenters. The fourth-order valence-corrected chi connectivity index (χ4v) is 3.29. The number of nitrogens with two attached hydrogens (primary N) is 1. The van der Waals surface area contributed by atoms with Crippen molar-refractivity contribution in [2.24, 2.45) is 0 Å². The van der Waals surface area contributed by atoms with Crippen molar-refractivity contribution in [3.63, 3.8) is 0 Å². The number of benzene rings is 3. The van der Waals surface area contributed by atoms with Gasteiger partial charge >= 0.3 is 0 Å². The van der Waals surface area contributed by atoms with E-state index in [0.29, 0.717) is 16.8 Å². The highest BCUT2D eigenvalue weighted by Crippen LogP contribution is 2.33. The molecule has 3 aromatic carbocycles. The van der Waals surface area contributed by atoms with Crippen molar-refractivity contribution >= 4 is 22.4 Å². The highest BCUT2D eigenvalue weighted by molar-refractivity contribution is 6.15. The Morgan fingerprint density at radius 2 is 1.65 bits per heavy atom. The molecule has 0 saturated carbocycles. The Morgan fingerprint density at radius 3 is 2.38 bits per heavy atom. The van der Waals surface area contributed by atoms with Gasteiger partial charge in [0.15, 0.2) is 5.76 Å². The summed E-state index contributed by atoms with van der Waals surface area (Å²) in [5.41, 5.74) is 12.0. The van der Waals surface area contributed by atoms with Crippen molar-refractivity contribution in [2.75, 3.05) is 5.73 Å². The van der Waals surface area contributed by atoms with Crippen LogP contribution in [0, 0.1) is 13.8 Å². The van der Waals surface area contributed by atoms with Gasteiger partial charge in [0.1, 0.15) is 5.58 Å². The molecule has 0 aliphatic carbocycles. The van der Waals surface area contributed by atoms with E-state index in [-0.39, 0.29) is 11.5 Å². The van der Waals surface area contributed by atoms with Gasteiger partial charge in [-0.1, -0.05) is 60.2 Å². The van der Waals surface area contributed by atoms with Crippen molar-refractivity contribution in [3.8, 4) is 11.1 Å². The van der Waals surface area contributed by atoms with E-state index in [0.717, 1.165) is 27.6 Å². The molecule has 0 spiro atoms. The Labute approximate surface area is 152 Å². The normalized spacial score (nSPS) is 11.0. The summed E-state index contributed by atoms with van der Waals surface area (Å²) in [4.78, 5) is 13.0. The summed E-state index contributed by atoms with van der Waals surface area (Å²) in [6.07, 6.45) is 0. The molecule has 26 heavy (non-hydrogen) atoms. The highest BCUT2D eigenvalue weighted by atomic mass is 16.3. The van der Waals surface area contributed by atoms with Crippen LogP contribution in [0.25, 0.3) is 22.1 Å². The van der Waals surface area contributed by atoms with Gasteiger partial charge in [-0.2, -0.15) is 0 Å². The predicted octanol–water partition coefficient (Wildman–Crippen LogP) is 5.53. The van der Waals surface area contributed by atoms with Crippen molar-refractivity contribution in [1.82, 2.24) is 0 Å². The van der Waals surface area contributed by atoms with Gasteiger partial charge in [0.05, 0.1) is 5.69 Å². The van der Waals surface area contributed by atoms with Crippen molar-refractivity contribution in [3.05, 3.63) is 89.2 Å². The SMILES string of the molecule is Cc1ccc(C(=O)c2oc3cc(-c4ccccc4)ccc3c2N)c(C)c1. The minimum absolute atomic E-state index is 0.183. The lowest BCUT2D eigenvalue weighted by molar-refractivity contribution is 0.101. The Morgan fingerprint density at radius 1 is 0.885 bits per heavy atom. The van der Waals surface area contributed by atoms with Gasteiger partial charge in [-0.25, -0.2) is 0 Å². The summed E-state index contributed by atoms with van der Waals surface area (Å²) in [5.74, 6) is 0.0228. The van der Waals surface area contributed by atoms with Crippen LogP contribution in [0.4, 0.5) is 5.69 Å². The second-order valence-electron chi connectivity index (χ2n) is 6.57. The Bertz CT molecular complexity index is 1120. The number of aryl methyl sites for hydroxylation is 2. The fraction of sp³-hybridized carbons (Fsp3) is 0.0870. The molecule has 128 valence electrons. The number of furan rings is 1. The Kier molecular flexibility index (Phi) is 3.85. The molecule has 0 saturated heterocycles. The number of hydrogen-bond donors (Lipinski definition) is 1. The second-order valence-corrected chi connectivity index (χ2v) is 6.57. The minimum Gasteiger partial charge on any atom is -0.450 e. The van der Waals surface area contributed by atoms with Gasteiger partial charge in [0.25, 0.3) is 0 Å². The van der Waals surface area contributed by atoms with E-state index in [4.69, 9.17) is 10.2 Å². The van der Waals surface area contributed by atoms with Crippen LogP contribution in [0.5, 0.6) is 0 Å². The molecule has 0 bridgehead atoms. The van der Waals surface area contributed by atoms with E-state index in [9.17, 15) is 4.79 Å². The summed E-state index contributed by atoms with van der Waals surface area (Å²) >= 11 is 0. The number of carbonyl (C=O) groups excluding carboxylic acids is 1. The van der Waals surface area contributed by atoms with Crippen LogP contribution in [-0.4, -0.2) is 5.78 Å². The molecule has 0 fully saturated rings. The molecule has 3 nitrogen and oxygen atoms in total. The van der Waals surface area contributed by atoms with E-state index in [1.54, 1.807) is 0 Å². The van der Waals surface area contributed by atoms with Crippen LogP contribution >= 0.6 is 0 Å². The van der Waals surface area contributed by atoms with Crippen LogP contribution in [0.2, 0.25) is 0 Å². The van der Waals surface area contributed by atoms with E-state index in [2.05, 4.69) is 0 Å². The molecule has 1 heterocycles. The van der Waals surface area contributed by atoms with Crippen LogP contribution < -0.4 is 5.73 Å². The smallest absolute Gasteiger partial charge is 0.230 e. The Hall–Kier alpha value is -3.33. The number of fused-ring (bicyclic) bond motifs is 1. The van der Waals surface area contributed by atoms with E-state index in [1.165, 1.54) is 0 Å². The van der Waals surface area contributed by atoms with Crippen molar-refractivity contribution < 1.29 is 9.21 Å². The van der Waals surface area contributed by atoms with Gasteiger partial charge in [-0.3, -0.25) is 4.79 Å². The second kappa shape index (κ2) is 6.19. The zero-order chi connectivity index (χ0) is 18.3. The molecule has 1 aromatic heterocycles. The largest absolute Gasteiger partial charge is 0.450 e. The lowest BCUT2D eigenvalue weighted by Crippen LogP contribution is -2.05. The first kappa shape index (κ1) is 16.2. The molecule has 0 amide bonds. The average Bonchev–Trinajstić information content (AvgIpc) is 2.98. The first-order valence-corrected chi connectivity index (χ1v) is 8.54. The topological polar surface area (TPSA) is 56.2 Å². The summed E-state index contributed by atoms with van der Waals surface area (Å²) < 4.78 is 5.89. The maximum Gasteiger partial charge on any atom is 0.230 e. The molecule has 4 rings (SSSR count). The molecule has 0 radical (unpaired) electrons. The minimum atomic E-state index is -0.183. The maximum atomic E-state index is 13.0. The molecule has 3 heteroatoms. The molecule has 0 aliphatic heterocycles. The van der Waals surface area contributed by atoms with Gasteiger partial charge in [-0.05, 0) is 42.7 Å². The molecular formula is C23H19NO2. The zero-order valence-corrected chi connectivity index (χ0v) is 14.7. The lowest BCUT2D eigenvalue weighted by atomic mass is 10.00. The van der Waals surface area contributed by atoms with Gasteiger partial charge < -0.3 is 10.2 Å². The summed E-state index contributed by atoms with van der Waals surface area (Å²) in [5, 5.41) is 0.762. The summed E-state index contributed by atoms with van der Waals surface area (Å²) in [6.45, 7) is 3.93. The number of carbonyl (C=O) groups is 1. The van der Waals surface area contributed by atoms with Crippen LogP contribution in [0.3, 0.4) is 0 Å². The monoisotopic (exact) mass is 341 g/mol. The lowest BCUT2D eigenvalue weighted by Gasteiger charge is -2.04. The third-order valence-electron chi connectivity index (χ3n) is 4.67. The van der Waals surface area contributed by atoms with Crippen LogP contribution in [-0.2, 0) is 0 Å².